The van der Waals surface area contributed by atoms with Crippen molar-refractivity contribution in [2.45, 2.75) is 12.1 Å². The fraction of sp³-hybridized carbons (Fsp3) is 0.286. The van der Waals surface area contributed by atoms with Crippen LogP contribution in [0.1, 0.15) is 5.56 Å². The number of aromatic nitrogens is 3. The Balaban J connectivity index is 1.61. The van der Waals surface area contributed by atoms with Crippen LogP contribution in [0.3, 0.4) is 0 Å². The molecule has 0 saturated carbocycles. The van der Waals surface area contributed by atoms with Crippen LogP contribution >= 0.6 is 11.8 Å². The van der Waals surface area contributed by atoms with Crippen molar-refractivity contribution < 1.29 is 9.59 Å². The summed E-state index contributed by atoms with van der Waals surface area (Å²) >= 11 is 1.21. The van der Waals surface area contributed by atoms with Crippen LogP contribution in [-0.2, 0) is 4.79 Å². The molecule has 3 amide bonds. The lowest BCUT2D eigenvalue weighted by molar-refractivity contribution is -0.124. The van der Waals surface area contributed by atoms with Crippen molar-refractivity contribution in [2.24, 2.45) is 0 Å². The van der Waals surface area contributed by atoms with Gasteiger partial charge in [0, 0.05) is 18.7 Å². The van der Waals surface area contributed by atoms with E-state index in [1.54, 1.807) is 0 Å². The minimum Gasteiger partial charge on any atom is -0.336 e. The van der Waals surface area contributed by atoms with Crippen molar-refractivity contribution in [3.8, 4) is 11.4 Å². The van der Waals surface area contributed by atoms with Crippen LogP contribution in [0.4, 0.5) is 4.79 Å². The van der Waals surface area contributed by atoms with Crippen LogP contribution < -0.4 is 5.32 Å². The summed E-state index contributed by atoms with van der Waals surface area (Å²) in [6.07, 6.45) is 0. The molecule has 22 heavy (non-hydrogen) atoms. The molecule has 0 unspecified atom stereocenters. The summed E-state index contributed by atoms with van der Waals surface area (Å²) in [6, 6.07) is 7.59. The molecule has 0 bridgehead atoms. The summed E-state index contributed by atoms with van der Waals surface area (Å²) < 4.78 is 0. The van der Waals surface area contributed by atoms with Gasteiger partial charge in [-0.3, -0.25) is 14.8 Å². The van der Waals surface area contributed by atoms with E-state index in [-0.39, 0.29) is 17.7 Å². The Morgan fingerprint density at radius 3 is 2.82 bits per heavy atom. The molecule has 114 valence electrons. The number of carbonyl (C=O) groups excluding carboxylic acids is 2. The van der Waals surface area contributed by atoms with Gasteiger partial charge in [0.2, 0.25) is 11.1 Å². The molecular weight excluding hydrogens is 302 g/mol. The molecule has 1 aliphatic heterocycles. The number of thioether (sulfide) groups is 1. The molecular formula is C14H15N5O2S. The summed E-state index contributed by atoms with van der Waals surface area (Å²) in [4.78, 5) is 28.9. The maximum absolute atomic E-state index is 11.9. The van der Waals surface area contributed by atoms with E-state index in [0.29, 0.717) is 24.1 Å². The largest absolute Gasteiger partial charge is 0.336 e. The molecule has 0 spiro atoms. The molecule has 1 aliphatic rings. The Kier molecular flexibility index (Phi) is 4.10. The van der Waals surface area contributed by atoms with Gasteiger partial charge >= 0.3 is 6.03 Å². The van der Waals surface area contributed by atoms with Gasteiger partial charge in [0.05, 0.1) is 5.75 Å². The molecule has 1 aromatic carbocycles. The minimum absolute atomic E-state index is 0.138. The molecule has 8 heteroatoms. The maximum atomic E-state index is 11.9. The van der Waals surface area contributed by atoms with Crippen LogP contribution in [-0.4, -0.2) is 50.9 Å². The molecule has 3 rings (SSSR count). The zero-order valence-electron chi connectivity index (χ0n) is 12.0. The second-order valence-corrected chi connectivity index (χ2v) is 5.84. The highest BCUT2D eigenvalue weighted by molar-refractivity contribution is 7.99. The average molecular weight is 317 g/mol. The number of rotatable bonds is 4. The van der Waals surface area contributed by atoms with Gasteiger partial charge in [-0.2, -0.15) is 0 Å². The normalized spacial score (nSPS) is 14.2. The molecule has 0 atom stereocenters. The number of aryl methyl sites for hydroxylation is 1. The first-order chi connectivity index (χ1) is 10.6. The summed E-state index contributed by atoms with van der Waals surface area (Å²) in [5.74, 6) is 0.564. The smallest absolute Gasteiger partial charge is 0.324 e. The Bertz CT molecular complexity index is 698. The van der Waals surface area contributed by atoms with E-state index < -0.39 is 0 Å². The van der Waals surface area contributed by atoms with Crippen LogP contribution in [0.15, 0.2) is 29.4 Å². The second-order valence-electron chi connectivity index (χ2n) is 4.90. The monoisotopic (exact) mass is 317 g/mol. The average Bonchev–Trinajstić information content (AvgIpc) is 3.14. The molecule has 1 fully saturated rings. The van der Waals surface area contributed by atoms with Gasteiger partial charge in [-0.25, -0.2) is 9.78 Å². The number of benzene rings is 1. The molecule has 2 aromatic rings. The van der Waals surface area contributed by atoms with Gasteiger partial charge in [0.25, 0.3) is 0 Å². The zero-order chi connectivity index (χ0) is 15.5. The first-order valence-electron chi connectivity index (χ1n) is 6.84. The Morgan fingerprint density at radius 2 is 2.14 bits per heavy atom. The van der Waals surface area contributed by atoms with E-state index in [1.807, 2.05) is 31.2 Å². The third kappa shape index (κ3) is 3.11. The van der Waals surface area contributed by atoms with Crippen molar-refractivity contribution >= 4 is 23.7 Å². The number of urea groups is 1. The number of H-pyrrole nitrogens is 1. The lowest BCUT2D eigenvalue weighted by Crippen LogP contribution is -2.35. The Hall–Kier alpha value is -2.35. The maximum Gasteiger partial charge on any atom is 0.324 e. The zero-order valence-corrected chi connectivity index (χ0v) is 12.8. The van der Waals surface area contributed by atoms with Gasteiger partial charge in [0.15, 0.2) is 5.82 Å². The first-order valence-corrected chi connectivity index (χ1v) is 7.82. The molecule has 1 saturated heterocycles. The van der Waals surface area contributed by atoms with Crippen LogP contribution in [0.25, 0.3) is 11.4 Å². The van der Waals surface area contributed by atoms with Crippen molar-refractivity contribution in [3.05, 3.63) is 29.8 Å². The summed E-state index contributed by atoms with van der Waals surface area (Å²) in [5, 5.41) is 10.0. The molecule has 1 aromatic heterocycles. The number of amides is 3. The van der Waals surface area contributed by atoms with Crippen molar-refractivity contribution in [2.75, 3.05) is 18.8 Å². The Labute approximate surface area is 131 Å². The number of imide groups is 1. The van der Waals surface area contributed by atoms with Crippen LogP contribution in [0.2, 0.25) is 0 Å². The topological polar surface area (TPSA) is 91.0 Å². The van der Waals surface area contributed by atoms with Crippen LogP contribution in [0.5, 0.6) is 0 Å². The number of nitrogens with one attached hydrogen (secondary N) is 2. The first kappa shape index (κ1) is 14.6. The molecule has 2 N–H and O–H groups in total. The Morgan fingerprint density at radius 1 is 1.36 bits per heavy atom. The van der Waals surface area contributed by atoms with E-state index in [9.17, 15) is 9.59 Å². The fourth-order valence-corrected chi connectivity index (χ4v) is 2.74. The van der Waals surface area contributed by atoms with Crippen molar-refractivity contribution in [1.29, 1.82) is 0 Å². The van der Waals surface area contributed by atoms with E-state index in [0.717, 1.165) is 5.56 Å². The SMILES string of the molecule is Cc1ccc(-c2nc(SCC(=O)N3CCNC3=O)n[nH]2)cc1. The summed E-state index contributed by atoms with van der Waals surface area (Å²) in [5.41, 5.74) is 2.11. The molecule has 0 aliphatic carbocycles. The number of hydrogen-bond acceptors (Lipinski definition) is 5. The standard InChI is InChI=1S/C14H15N5O2S/c1-9-2-4-10(5-3-9)12-16-13(18-17-12)22-8-11(20)19-7-6-15-14(19)21/h2-5H,6-8H2,1H3,(H,15,21)(H,16,17,18). The highest BCUT2D eigenvalue weighted by Gasteiger charge is 2.26. The number of hydrogen-bond donors (Lipinski definition) is 2. The van der Waals surface area contributed by atoms with Gasteiger partial charge in [-0.1, -0.05) is 41.6 Å². The van der Waals surface area contributed by atoms with E-state index in [4.69, 9.17) is 0 Å². The van der Waals surface area contributed by atoms with E-state index in [2.05, 4.69) is 20.5 Å². The highest BCUT2D eigenvalue weighted by atomic mass is 32.2. The summed E-state index contributed by atoms with van der Waals surface area (Å²) in [6.45, 7) is 2.94. The third-order valence-electron chi connectivity index (χ3n) is 3.27. The van der Waals surface area contributed by atoms with Gasteiger partial charge < -0.3 is 5.32 Å². The lowest BCUT2D eigenvalue weighted by atomic mass is 10.1. The van der Waals surface area contributed by atoms with Crippen molar-refractivity contribution in [3.63, 3.8) is 0 Å². The van der Waals surface area contributed by atoms with E-state index >= 15 is 0 Å². The third-order valence-corrected chi connectivity index (χ3v) is 4.10. The quantitative estimate of drug-likeness (QED) is 0.832. The highest BCUT2D eigenvalue weighted by Crippen LogP contribution is 2.20. The lowest BCUT2D eigenvalue weighted by Gasteiger charge is -2.10. The van der Waals surface area contributed by atoms with Gasteiger partial charge in [-0.15, -0.1) is 5.10 Å². The molecule has 7 nitrogen and oxygen atoms in total. The predicted octanol–water partition coefficient (Wildman–Crippen LogP) is 1.42. The molecule has 2 heterocycles. The minimum atomic E-state index is -0.332. The fourth-order valence-electron chi connectivity index (χ4n) is 2.07. The van der Waals surface area contributed by atoms with Crippen molar-refractivity contribution in [1.82, 2.24) is 25.4 Å². The predicted molar refractivity (Wildman–Crippen MR) is 82.4 cm³/mol. The van der Waals surface area contributed by atoms with Gasteiger partial charge in [-0.05, 0) is 6.92 Å². The summed E-state index contributed by atoms with van der Waals surface area (Å²) in [7, 11) is 0. The number of nitrogens with zero attached hydrogens (tertiary/aromatic N) is 3. The molecule has 0 radical (unpaired) electrons. The number of aromatic amines is 1. The van der Waals surface area contributed by atoms with Gasteiger partial charge in [0.1, 0.15) is 0 Å². The van der Waals surface area contributed by atoms with E-state index in [1.165, 1.54) is 22.2 Å². The van der Waals surface area contributed by atoms with Crippen LogP contribution in [0, 0.1) is 6.92 Å². The number of carbonyl (C=O) groups is 2. The second kappa shape index (κ2) is 6.18.